The number of hydrogen-bond donors (Lipinski definition) is 0. The molecule has 0 aliphatic carbocycles. The molecule has 0 aromatic carbocycles. The fourth-order valence-corrected chi connectivity index (χ4v) is 4.27. The van der Waals surface area contributed by atoms with Crippen molar-refractivity contribution in [3.05, 3.63) is 53.0 Å². The van der Waals surface area contributed by atoms with Gasteiger partial charge >= 0.3 is 5.97 Å². The van der Waals surface area contributed by atoms with Gasteiger partial charge in [-0.15, -0.1) is 22.7 Å². The van der Waals surface area contributed by atoms with E-state index >= 15 is 0 Å². The van der Waals surface area contributed by atoms with Gasteiger partial charge in [-0.3, -0.25) is 9.36 Å². The Labute approximate surface area is 160 Å². The molecule has 0 aliphatic rings. The van der Waals surface area contributed by atoms with Crippen LogP contribution in [0.25, 0.3) is 17.4 Å². The molecule has 0 radical (unpaired) electrons. The lowest BCUT2D eigenvalue weighted by atomic mass is 10.3. The van der Waals surface area contributed by atoms with Crippen molar-refractivity contribution in [1.82, 2.24) is 4.57 Å². The summed E-state index contributed by atoms with van der Waals surface area (Å²) < 4.78 is 7.87. The Hall–Kier alpha value is -2.17. The van der Waals surface area contributed by atoms with Crippen LogP contribution in [0, 0.1) is 11.3 Å². The van der Waals surface area contributed by atoms with E-state index < -0.39 is 5.97 Å². The molecule has 5 nitrogen and oxygen atoms in total. The van der Waals surface area contributed by atoms with E-state index in [-0.39, 0.29) is 22.4 Å². The summed E-state index contributed by atoms with van der Waals surface area (Å²) in [5, 5.41) is 9.33. The van der Waals surface area contributed by atoms with Gasteiger partial charge in [0.15, 0.2) is 5.57 Å². The molecule has 0 unspecified atom stereocenters. The van der Waals surface area contributed by atoms with Gasteiger partial charge in [-0.25, -0.2) is 4.79 Å². The topological polar surface area (TPSA) is 72.1 Å². The average Bonchev–Trinajstić information content (AvgIpc) is 3.15. The first kappa shape index (κ1) is 19.2. The molecule has 0 spiro atoms. The zero-order valence-electron chi connectivity index (χ0n) is 13.2. The summed E-state index contributed by atoms with van der Waals surface area (Å²) in [4.78, 5) is 25.5. The van der Waals surface area contributed by atoms with Gasteiger partial charge in [0, 0.05) is 11.4 Å². The van der Waals surface area contributed by atoms with E-state index in [4.69, 9.17) is 4.74 Å². The van der Waals surface area contributed by atoms with Gasteiger partial charge in [-0.05, 0) is 41.1 Å². The molecular weight excluding hydrogens is 424 g/mol. The molecule has 2 aromatic rings. The summed E-state index contributed by atoms with van der Waals surface area (Å²) in [6.07, 6.45) is 3.11. The number of ether oxygens (including phenoxy) is 1. The van der Waals surface area contributed by atoms with Gasteiger partial charge in [-0.1, -0.05) is 18.4 Å². The van der Waals surface area contributed by atoms with E-state index in [1.54, 1.807) is 13.0 Å². The second-order valence-electron chi connectivity index (χ2n) is 4.59. The molecule has 8 heteroatoms. The molecule has 0 N–H and O–H groups in total. The van der Waals surface area contributed by atoms with Crippen LogP contribution in [0.1, 0.15) is 11.8 Å². The lowest BCUT2D eigenvalue weighted by Crippen LogP contribution is -2.32. The number of thiazole rings is 1. The minimum Gasteiger partial charge on any atom is -0.457 e. The number of nitrogens with zero attached hydrogens (tertiary/aromatic N) is 2. The van der Waals surface area contributed by atoms with E-state index in [1.165, 1.54) is 22.0 Å². The van der Waals surface area contributed by atoms with Gasteiger partial charge in [0.1, 0.15) is 21.9 Å². The number of halogens is 1. The van der Waals surface area contributed by atoms with E-state index in [0.717, 1.165) is 20.0 Å². The van der Waals surface area contributed by atoms with Gasteiger partial charge < -0.3 is 4.74 Å². The predicted octanol–water partition coefficient (Wildman–Crippen LogP) is 2.25. The molecule has 0 amide bonds. The van der Waals surface area contributed by atoms with Crippen molar-refractivity contribution in [3.8, 4) is 6.07 Å². The van der Waals surface area contributed by atoms with Crippen LogP contribution in [-0.2, 0) is 16.1 Å². The highest BCUT2D eigenvalue weighted by Gasteiger charge is 2.16. The van der Waals surface area contributed by atoms with Crippen molar-refractivity contribution < 1.29 is 9.53 Å². The maximum absolute atomic E-state index is 12.5. The number of hydrogen-bond acceptors (Lipinski definition) is 6. The van der Waals surface area contributed by atoms with Gasteiger partial charge in [-0.2, -0.15) is 5.26 Å². The molecule has 0 saturated heterocycles. The number of thiophene rings is 1. The minimum absolute atomic E-state index is 0.00210. The number of nitriles is 1. The van der Waals surface area contributed by atoms with Crippen molar-refractivity contribution >= 4 is 62.0 Å². The summed E-state index contributed by atoms with van der Waals surface area (Å²) in [7, 11) is 0. The van der Waals surface area contributed by atoms with Crippen molar-refractivity contribution in [2.75, 3.05) is 6.61 Å². The highest BCUT2D eigenvalue weighted by Crippen LogP contribution is 2.22. The normalized spacial score (nSPS) is 11.2. The summed E-state index contributed by atoms with van der Waals surface area (Å²) in [5.74, 6) is -0.774. The second-order valence-corrected chi connectivity index (χ2v) is 8.08. The minimum atomic E-state index is -0.774. The molecule has 2 heterocycles. The zero-order valence-corrected chi connectivity index (χ0v) is 16.5. The summed E-state index contributed by atoms with van der Waals surface area (Å²) in [6.45, 7) is 5.56. The Morgan fingerprint density at radius 2 is 2.24 bits per heavy atom. The molecule has 0 bridgehead atoms. The molecular formula is C17H13BrN2O3S2. The van der Waals surface area contributed by atoms with Crippen LogP contribution in [0.3, 0.4) is 0 Å². The fourth-order valence-electron chi connectivity index (χ4n) is 1.90. The van der Waals surface area contributed by atoms with Gasteiger partial charge in [0.05, 0.1) is 3.79 Å². The first-order valence-electron chi connectivity index (χ1n) is 7.16. The van der Waals surface area contributed by atoms with E-state index in [1.807, 2.05) is 18.2 Å². The molecule has 0 saturated carbocycles. The molecule has 25 heavy (non-hydrogen) atoms. The zero-order chi connectivity index (χ0) is 18.4. The molecule has 128 valence electrons. The smallest absolute Gasteiger partial charge is 0.352 e. The average molecular weight is 437 g/mol. The van der Waals surface area contributed by atoms with Crippen LogP contribution < -0.4 is 14.8 Å². The van der Waals surface area contributed by atoms with E-state index in [0.29, 0.717) is 11.1 Å². The molecule has 0 aliphatic heterocycles. The van der Waals surface area contributed by atoms with Crippen LogP contribution >= 0.6 is 38.6 Å². The standard InChI is InChI=1S/C17H13BrN2O3S2/c1-3-9-23-17(22)12(10-19)16-20(4-2)15(21)13(25-16)7-5-11-6-8-14(18)24-11/h3,5-6,8H,1,4,9H2,2H3/b16-12-. The molecule has 0 fully saturated rings. The summed E-state index contributed by atoms with van der Waals surface area (Å²) >= 11 is 5.93. The van der Waals surface area contributed by atoms with Crippen molar-refractivity contribution in [3.63, 3.8) is 0 Å². The van der Waals surface area contributed by atoms with Crippen molar-refractivity contribution in [2.24, 2.45) is 0 Å². The Kier molecular flexibility index (Phi) is 6.73. The number of carbonyl (C=O) groups is 1. The maximum Gasteiger partial charge on any atom is 0.352 e. The third kappa shape index (κ3) is 4.47. The first-order chi connectivity index (χ1) is 12.0. The fraction of sp³-hybridized carbons (Fsp3) is 0.176. The maximum atomic E-state index is 12.5. The van der Waals surface area contributed by atoms with Crippen LogP contribution in [0.15, 0.2) is 33.4 Å². The van der Waals surface area contributed by atoms with Crippen molar-refractivity contribution in [1.29, 1.82) is 5.26 Å². The SMILES string of the molecule is C=CCOC(=O)/C(C#N)=c1\sc(=C=Cc2ccc(Br)s2)c(=O)n1CC. The monoisotopic (exact) mass is 436 g/mol. The Morgan fingerprint density at radius 1 is 1.48 bits per heavy atom. The highest BCUT2D eigenvalue weighted by molar-refractivity contribution is 9.11. The Balaban J connectivity index is 2.69. The number of aromatic nitrogens is 1. The number of rotatable bonds is 5. The third-order valence-corrected chi connectivity index (χ3v) is 5.69. The Morgan fingerprint density at radius 3 is 2.80 bits per heavy atom. The van der Waals surface area contributed by atoms with E-state index in [9.17, 15) is 14.9 Å². The lowest BCUT2D eigenvalue weighted by Gasteiger charge is -2.00. The Bertz CT molecular complexity index is 1060. The largest absolute Gasteiger partial charge is 0.457 e. The van der Waals surface area contributed by atoms with Gasteiger partial charge in [0.2, 0.25) is 0 Å². The third-order valence-electron chi connectivity index (χ3n) is 3.00. The first-order valence-corrected chi connectivity index (χ1v) is 9.58. The summed E-state index contributed by atoms with van der Waals surface area (Å²) in [6, 6.07) is 5.64. The van der Waals surface area contributed by atoms with Crippen molar-refractivity contribution in [2.45, 2.75) is 13.5 Å². The number of esters is 1. The molecule has 2 rings (SSSR count). The predicted molar refractivity (Wildman–Crippen MR) is 104 cm³/mol. The van der Waals surface area contributed by atoms with E-state index in [2.05, 4.69) is 28.2 Å². The quantitative estimate of drug-likeness (QED) is 0.532. The summed E-state index contributed by atoms with van der Waals surface area (Å²) in [5.41, 5.74) is 2.47. The van der Waals surface area contributed by atoms with Gasteiger partial charge in [0.25, 0.3) is 5.56 Å². The lowest BCUT2D eigenvalue weighted by molar-refractivity contribution is -0.135. The molecule has 2 aromatic heterocycles. The molecule has 0 atom stereocenters. The van der Waals surface area contributed by atoms with Crippen LogP contribution in [0.4, 0.5) is 0 Å². The van der Waals surface area contributed by atoms with Crippen LogP contribution in [-0.4, -0.2) is 17.1 Å². The van der Waals surface area contributed by atoms with Crippen LogP contribution in [0.2, 0.25) is 0 Å². The second kappa shape index (κ2) is 8.79. The van der Waals surface area contributed by atoms with Crippen LogP contribution in [0.5, 0.6) is 0 Å². The highest BCUT2D eigenvalue weighted by atomic mass is 79.9. The number of carbonyl (C=O) groups excluding carboxylic acids is 1.